The van der Waals surface area contributed by atoms with Gasteiger partial charge in [-0.3, -0.25) is 9.59 Å². The second kappa shape index (κ2) is 11.5. The zero-order valence-corrected chi connectivity index (χ0v) is 15.5. The lowest BCUT2D eigenvalue weighted by molar-refractivity contribution is -0.133. The molecule has 0 aromatic heterocycles. The van der Waals surface area contributed by atoms with Gasteiger partial charge < -0.3 is 14.7 Å². The van der Waals surface area contributed by atoms with E-state index in [1.54, 1.807) is 7.11 Å². The molecular weight excluding hydrogens is 282 g/mol. The first-order valence-corrected chi connectivity index (χ1v) is 8.26. The second-order valence-corrected chi connectivity index (χ2v) is 5.69. The minimum absolute atomic E-state index is 0.0439. The van der Waals surface area contributed by atoms with Crippen molar-refractivity contribution in [2.75, 3.05) is 20.2 Å². The third kappa shape index (κ3) is 6.34. The number of carboxylic acid groups (broad SMARTS) is 1. The molecule has 2 fully saturated rings. The molecule has 0 radical (unpaired) electrons. The number of carbonyl (C=O) groups is 2. The fraction of sp³-hybridized carbons (Fsp3) is 0.882. The quantitative estimate of drug-likeness (QED) is 0.811. The first-order chi connectivity index (χ1) is 10.4. The van der Waals surface area contributed by atoms with Crippen molar-refractivity contribution >= 4 is 12.4 Å². The average Bonchev–Trinajstić information content (AvgIpc) is 2.89. The van der Waals surface area contributed by atoms with Crippen LogP contribution in [0.2, 0.25) is 0 Å². The van der Waals surface area contributed by atoms with Crippen molar-refractivity contribution in [3.05, 3.63) is 0 Å². The number of likely N-dealkylation sites (tertiary alicyclic amines) is 1. The van der Waals surface area contributed by atoms with Crippen LogP contribution in [0.4, 0.5) is 0 Å². The van der Waals surface area contributed by atoms with Gasteiger partial charge in [-0.15, -0.1) is 0 Å². The van der Waals surface area contributed by atoms with Gasteiger partial charge in [0.25, 0.3) is 6.47 Å². The number of carbonyl (C=O) groups excluding carboxylic acids is 1. The molecule has 5 nitrogen and oxygen atoms in total. The summed E-state index contributed by atoms with van der Waals surface area (Å²) >= 11 is 0. The largest absolute Gasteiger partial charge is 0.483 e. The van der Waals surface area contributed by atoms with Crippen molar-refractivity contribution in [2.45, 2.75) is 61.0 Å². The Morgan fingerprint density at radius 1 is 1.27 bits per heavy atom. The fourth-order valence-corrected chi connectivity index (χ4v) is 2.79. The number of ether oxygens (including phenoxy) is 1. The van der Waals surface area contributed by atoms with E-state index in [0.717, 1.165) is 24.9 Å². The molecule has 2 unspecified atom stereocenters. The third-order valence-electron chi connectivity index (χ3n) is 4.34. The molecule has 1 saturated carbocycles. The van der Waals surface area contributed by atoms with Crippen LogP contribution in [-0.4, -0.2) is 48.7 Å². The highest BCUT2D eigenvalue weighted by atomic mass is 16.5. The van der Waals surface area contributed by atoms with Crippen LogP contribution < -0.4 is 0 Å². The van der Waals surface area contributed by atoms with E-state index in [4.69, 9.17) is 14.6 Å². The predicted octanol–water partition coefficient (Wildman–Crippen LogP) is 3.28. The zero-order chi connectivity index (χ0) is 17.9. The normalized spacial score (nSPS) is 24.1. The van der Waals surface area contributed by atoms with Crippen LogP contribution in [-0.2, 0) is 14.3 Å². The maximum absolute atomic E-state index is 11.8. The van der Waals surface area contributed by atoms with E-state index in [1.165, 1.54) is 0 Å². The standard InChI is InChI=1S/C12H21NO2.2C2H6.CH2O2/c1-8(15-4)5-11(14)13-6-9-10(7-13)12(9,2)3;2*1-2;2-1-3/h8-10H,5-7H2,1-4H3;2*1-2H3;1H,(H,2,3)/t8-,9?,10?;;;/m1.../s1. The molecule has 1 N–H and O–H groups in total. The maximum Gasteiger partial charge on any atom is 0.290 e. The van der Waals surface area contributed by atoms with Crippen LogP contribution >= 0.6 is 0 Å². The lowest BCUT2D eigenvalue weighted by atomic mass is 10.1. The summed E-state index contributed by atoms with van der Waals surface area (Å²) in [7, 11) is 1.66. The number of fused-ring (bicyclic) bond motifs is 1. The monoisotopic (exact) mass is 317 g/mol. The van der Waals surface area contributed by atoms with Crippen molar-refractivity contribution in [1.29, 1.82) is 0 Å². The van der Waals surface area contributed by atoms with E-state index < -0.39 is 0 Å². The van der Waals surface area contributed by atoms with Gasteiger partial charge in [0, 0.05) is 20.2 Å². The number of piperidine rings is 1. The highest BCUT2D eigenvalue weighted by molar-refractivity contribution is 5.77. The molecule has 22 heavy (non-hydrogen) atoms. The average molecular weight is 317 g/mol. The minimum atomic E-state index is -0.250. The van der Waals surface area contributed by atoms with Gasteiger partial charge in [-0.2, -0.15) is 0 Å². The van der Waals surface area contributed by atoms with Gasteiger partial charge >= 0.3 is 0 Å². The molecular formula is C17H35NO4. The van der Waals surface area contributed by atoms with Crippen LogP contribution in [0, 0.1) is 17.3 Å². The van der Waals surface area contributed by atoms with Gasteiger partial charge in [-0.05, 0) is 24.2 Å². The Balaban J connectivity index is 0. The fourth-order valence-electron chi connectivity index (χ4n) is 2.79. The molecule has 0 aromatic rings. The first kappa shape index (κ1) is 23.2. The van der Waals surface area contributed by atoms with Crippen LogP contribution in [0.3, 0.4) is 0 Å². The maximum atomic E-state index is 11.8. The van der Waals surface area contributed by atoms with Gasteiger partial charge in [0.15, 0.2) is 0 Å². The number of rotatable bonds is 3. The smallest absolute Gasteiger partial charge is 0.290 e. The molecule has 0 aromatic carbocycles. The number of methoxy groups -OCH3 is 1. The Morgan fingerprint density at radius 2 is 1.64 bits per heavy atom. The molecule has 1 aliphatic carbocycles. The summed E-state index contributed by atoms with van der Waals surface area (Å²) in [5.41, 5.74) is 0.490. The first-order valence-electron chi connectivity index (χ1n) is 8.26. The molecule has 3 atom stereocenters. The zero-order valence-electron chi connectivity index (χ0n) is 15.5. The van der Waals surface area contributed by atoms with Gasteiger partial charge in [0.2, 0.25) is 5.91 Å². The Hall–Kier alpha value is -1.10. The third-order valence-corrected chi connectivity index (χ3v) is 4.34. The summed E-state index contributed by atoms with van der Waals surface area (Å²) in [6.07, 6.45) is 0.568. The molecule has 1 aliphatic heterocycles. The summed E-state index contributed by atoms with van der Waals surface area (Å²) in [6.45, 7) is 16.2. The van der Waals surface area contributed by atoms with Crippen LogP contribution in [0.25, 0.3) is 0 Å². The second-order valence-electron chi connectivity index (χ2n) is 5.69. The number of hydrogen-bond acceptors (Lipinski definition) is 3. The summed E-state index contributed by atoms with van der Waals surface area (Å²) in [5, 5.41) is 6.89. The Kier molecular flexibility index (Phi) is 12.1. The van der Waals surface area contributed by atoms with E-state index in [-0.39, 0.29) is 18.5 Å². The molecule has 0 spiro atoms. The van der Waals surface area contributed by atoms with Crippen LogP contribution in [0.15, 0.2) is 0 Å². The SMILES string of the molecule is CC.CC.CO[C@H](C)CC(=O)N1CC2C(C1)C2(C)C.O=CO. The Morgan fingerprint density at radius 3 is 1.95 bits per heavy atom. The molecule has 5 heteroatoms. The van der Waals surface area contributed by atoms with Crippen LogP contribution in [0.5, 0.6) is 0 Å². The molecule has 2 aliphatic rings. The van der Waals surface area contributed by atoms with Crippen molar-refractivity contribution in [3.63, 3.8) is 0 Å². The van der Waals surface area contributed by atoms with E-state index in [0.29, 0.717) is 11.8 Å². The van der Waals surface area contributed by atoms with E-state index in [1.807, 2.05) is 39.5 Å². The highest BCUT2D eigenvalue weighted by Crippen LogP contribution is 2.61. The molecule has 132 valence electrons. The predicted molar refractivity (Wildman–Crippen MR) is 89.8 cm³/mol. The van der Waals surface area contributed by atoms with E-state index >= 15 is 0 Å². The van der Waals surface area contributed by atoms with Crippen molar-refractivity contribution in [3.8, 4) is 0 Å². The molecule has 1 heterocycles. The Labute approximate surface area is 136 Å². The lowest BCUT2D eigenvalue weighted by Gasteiger charge is -2.23. The molecule has 1 amide bonds. The molecule has 0 bridgehead atoms. The Bertz CT molecular complexity index is 304. The molecule has 2 rings (SSSR count). The lowest BCUT2D eigenvalue weighted by Crippen LogP contribution is -2.34. The highest BCUT2D eigenvalue weighted by Gasteiger charge is 2.62. The number of nitrogens with zero attached hydrogens (tertiary/aromatic N) is 1. The van der Waals surface area contributed by atoms with Gasteiger partial charge in [0.05, 0.1) is 12.5 Å². The molecule has 1 saturated heterocycles. The minimum Gasteiger partial charge on any atom is -0.483 e. The van der Waals surface area contributed by atoms with Gasteiger partial charge in [-0.25, -0.2) is 0 Å². The number of amides is 1. The van der Waals surface area contributed by atoms with Crippen molar-refractivity contribution in [2.24, 2.45) is 17.3 Å². The summed E-state index contributed by atoms with van der Waals surface area (Å²) in [6, 6.07) is 0. The summed E-state index contributed by atoms with van der Waals surface area (Å²) in [5.74, 6) is 1.76. The number of hydrogen-bond donors (Lipinski definition) is 1. The summed E-state index contributed by atoms with van der Waals surface area (Å²) < 4.78 is 5.11. The van der Waals surface area contributed by atoms with Gasteiger partial charge in [-0.1, -0.05) is 41.5 Å². The van der Waals surface area contributed by atoms with Gasteiger partial charge in [0.1, 0.15) is 0 Å². The van der Waals surface area contributed by atoms with Crippen LogP contribution in [0.1, 0.15) is 54.9 Å². The topological polar surface area (TPSA) is 66.8 Å². The van der Waals surface area contributed by atoms with Crippen molar-refractivity contribution < 1.29 is 19.4 Å². The summed E-state index contributed by atoms with van der Waals surface area (Å²) in [4.78, 5) is 22.2. The van der Waals surface area contributed by atoms with E-state index in [9.17, 15) is 4.79 Å². The van der Waals surface area contributed by atoms with E-state index in [2.05, 4.69) is 13.8 Å². The van der Waals surface area contributed by atoms with Crippen molar-refractivity contribution in [1.82, 2.24) is 4.90 Å².